The number of Topliss-reactive ketones (excluding diaryl/α,β-unsaturated/α-hetero) is 1. The standard InChI is InChI=1S/C41H56N2O7S2/c1-25(2)9-5-10-26(3)11-6-13-28(23-45)33-22-29-24-52-51-20-17-31(30-16-18-40(4,49)41(29,37(33)47)34(30)15-8-19-44)35(46)21-27-12-7-14-32-36(27)50-39(48)43-38(32)42/h6-7,9,11-14,29,33-34,37-38,44-45,47,49H,3,5,8,10,15-24,42H2,1-2,4H3,(H,43,48). The molecule has 4 aliphatic rings. The third kappa shape index (κ3) is 8.36. The van der Waals surface area contributed by atoms with Crippen molar-refractivity contribution < 1.29 is 34.8 Å². The van der Waals surface area contributed by atoms with E-state index in [9.17, 15) is 30.0 Å². The van der Waals surface area contributed by atoms with Crippen molar-refractivity contribution in [1.29, 1.82) is 0 Å². The van der Waals surface area contributed by atoms with Crippen LogP contribution in [0.5, 0.6) is 5.75 Å². The van der Waals surface area contributed by atoms with Crippen LogP contribution in [0.3, 0.4) is 0 Å². The van der Waals surface area contributed by atoms with Crippen molar-refractivity contribution in [2.75, 3.05) is 24.7 Å². The molecule has 2 aliphatic carbocycles. The predicted octanol–water partition coefficient (Wildman–Crippen LogP) is 6.63. The lowest BCUT2D eigenvalue weighted by molar-refractivity contribution is -0.184. The molecule has 1 amide bonds. The highest BCUT2D eigenvalue weighted by atomic mass is 33.1. The van der Waals surface area contributed by atoms with Crippen molar-refractivity contribution in [1.82, 2.24) is 5.32 Å². The van der Waals surface area contributed by atoms with Gasteiger partial charge in [0.25, 0.3) is 0 Å². The Kier molecular flexibility index (Phi) is 13.8. The van der Waals surface area contributed by atoms with E-state index in [1.54, 1.807) is 39.8 Å². The second-order valence-corrected chi connectivity index (χ2v) is 17.8. The molecule has 2 aliphatic heterocycles. The maximum absolute atomic E-state index is 14.5. The summed E-state index contributed by atoms with van der Waals surface area (Å²) in [4.78, 5) is 26.8. The Balaban J connectivity index is 1.55. The number of nitrogens with one attached hydrogen (secondary N) is 1. The molecule has 11 heteroatoms. The summed E-state index contributed by atoms with van der Waals surface area (Å²) in [6.07, 6.45) is 10.1. The fourth-order valence-electron chi connectivity index (χ4n) is 9.28. The Morgan fingerprint density at radius 2 is 2.00 bits per heavy atom. The van der Waals surface area contributed by atoms with Gasteiger partial charge in [-0.15, -0.1) is 0 Å². The molecule has 7 N–H and O–H groups in total. The summed E-state index contributed by atoms with van der Waals surface area (Å²) in [5, 5.41) is 48.6. The van der Waals surface area contributed by atoms with Crippen molar-refractivity contribution in [3.05, 3.63) is 88.1 Å². The van der Waals surface area contributed by atoms with Crippen LogP contribution in [0.2, 0.25) is 0 Å². The van der Waals surface area contributed by atoms with Gasteiger partial charge in [-0.05, 0) is 95.1 Å². The van der Waals surface area contributed by atoms with Gasteiger partial charge in [0.15, 0.2) is 5.78 Å². The Morgan fingerprint density at radius 1 is 1.21 bits per heavy atom. The van der Waals surface area contributed by atoms with Crippen LogP contribution in [-0.4, -0.2) is 68.7 Å². The third-order valence-electron chi connectivity index (χ3n) is 11.7. The number of ether oxygens (including phenoxy) is 1. The molecule has 9 nitrogen and oxygen atoms in total. The maximum Gasteiger partial charge on any atom is 0.414 e. The van der Waals surface area contributed by atoms with Gasteiger partial charge in [0, 0.05) is 47.0 Å². The highest BCUT2D eigenvalue weighted by Crippen LogP contribution is 2.66. The molecule has 1 aromatic rings. The van der Waals surface area contributed by atoms with Gasteiger partial charge in [-0.2, -0.15) is 0 Å². The smallest absolute Gasteiger partial charge is 0.410 e. The van der Waals surface area contributed by atoms with Gasteiger partial charge in [0.1, 0.15) is 11.9 Å². The van der Waals surface area contributed by atoms with Crippen LogP contribution in [-0.2, 0) is 11.2 Å². The molecule has 284 valence electrons. The van der Waals surface area contributed by atoms with Gasteiger partial charge < -0.3 is 36.2 Å². The van der Waals surface area contributed by atoms with E-state index in [1.165, 1.54) is 5.57 Å². The van der Waals surface area contributed by atoms with Gasteiger partial charge in [0.05, 0.1) is 18.3 Å². The SMILES string of the molecule is C=C(C=CC=C(CO)C1CC2CSSCCC(C(=O)Cc3cccc4c3OC(=O)NC4N)=C3CCC(C)(O)C2(C3CCCO)C1O)CCC=C(C)C. The van der Waals surface area contributed by atoms with Gasteiger partial charge in [-0.25, -0.2) is 4.79 Å². The first-order valence-electron chi connectivity index (χ1n) is 18.5. The number of carbonyl (C=O) groups is 2. The number of para-hydroxylation sites is 1. The number of aliphatic hydroxyl groups excluding tert-OH is 3. The molecule has 2 fully saturated rings. The molecule has 1 spiro atoms. The number of allylic oxidation sites excluding steroid dienone is 8. The second-order valence-electron chi connectivity index (χ2n) is 15.2. The van der Waals surface area contributed by atoms with Crippen molar-refractivity contribution in [3.63, 3.8) is 0 Å². The summed E-state index contributed by atoms with van der Waals surface area (Å²) >= 11 is 0. The zero-order chi connectivity index (χ0) is 37.6. The number of rotatable bonds is 13. The summed E-state index contributed by atoms with van der Waals surface area (Å²) in [7, 11) is 3.40. The topological polar surface area (TPSA) is 162 Å². The minimum absolute atomic E-state index is 0.00784. The van der Waals surface area contributed by atoms with Crippen molar-refractivity contribution in [3.8, 4) is 5.75 Å². The van der Waals surface area contributed by atoms with E-state index in [4.69, 9.17) is 10.5 Å². The van der Waals surface area contributed by atoms with Crippen LogP contribution in [0.15, 0.2) is 76.9 Å². The number of ketones is 1. The molecule has 7 atom stereocenters. The van der Waals surface area contributed by atoms with Gasteiger partial charge in [-0.1, -0.05) is 87.4 Å². The number of benzene rings is 1. The molecule has 7 unspecified atom stereocenters. The van der Waals surface area contributed by atoms with Crippen LogP contribution in [0.4, 0.5) is 4.79 Å². The lowest BCUT2D eigenvalue weighted by Crippen LogP contribution is -2.62. The lowest BCUT2D eigenvalue weighted by atomic mass is 9.49. The Labute approximate surface area is 316 Å². The number of hydrogen-bond donors (Lipinski definition) is 6. The predicted molar refractivity (Wildman–Crippen MR) is 210 cm³/mol. The van der Waals surface area contributed by atoms with Crippen LogP contribution in [0.25, 0.3) is 0 Å². The van der Waals surface area contributed by atoms with E-state index in [-0.39, 0.29) is 37.3 Å². The normalized spacial score (nSPS) is 30.7. The molecule has 5 rings (SSSR count). The van der Waals surface area contributed by atoms with Crippen LogP contribution in [0, 0.1) is 23.2 Å². The quantitative estimate of drug-likeness (QED) is 0.0733. The number of nitrogens with two attached hydrogens (primary N) is 1. The van der Waals surface area contributed by atoms with Crippen molar-refractivity contribution in [2.45, 2.75) is 96.4 Å². The third-order valence-corrected chi connectivity index (χ3v) is 14.1. The van der Waals surface area contributed by atoms with E-state index in [1.807, 2.05) is 25.2 Å². The maximum atomic E-state index is 14.5. The first kappa shape index (κ1) is 40.5. The summed E-state index contributed by atoms with van der Waals surface area (Å²) in [6.45, 7) is 9.87. The minimum atomic E-state index is -1.28. The number of fused-ring (bicyclic) bond motifs is 2. The molecule has 1 aromatic carbocycles. The Bertz CT molecular complexity index is 1630. The largest absolute Gasteiger partial charge is 0.414 e. The second kappa shape index (κ2) is 17.7. The molecule has 0 saturated heterocycles. The van der Waals surface area contributed by atoms with Crippen LogP contribution >= 0.6 is 21.6 Å². The Morgan fingerprint density at radius 3 is 2.73 bits per heavy atom. The minimum Gasteiger partial charge on any atom is -0.410 e. The highest BCUT2D eigenvalue weighted by molar-refractivity contribution is 8.76. The van der Waals surface area contributed by atoms with Gasteiger partial charge in [0.2, 0.25) is 0 Å². The molecular weight excluding hydrogens is 697 g/mol. The fourth-order valence-corrected chi connectivity index (χ4v) is 11.7. The first-order chi connectivity index (χ1) is 24.8. The van der Waals surface area contributed by atoms with E-state index < -0.39 is 35.3 Å². The fraction of sp³-hybridized carbons (Fsp3) is 0.561. The van der Waals surface area contributed by atoms with Crippen LogP contribution in [0.1, 0.15) is 89.4 Å². The number of amides is 1. The number of carbonyl (C=O) groups excluding carboxylic acids is 2. The van der Waals surface area contributed by atoms with E-state index in [2.05, 4.69) is 31.8 Å². The first-order valence-corrected chi connectivity index (χ1v) is 21.0. The molecule has 2 saturated carbocycles. The summed E-state index contributed by atoms with van der Waals surface area (Å²) in [6, 6.07) is 5.36. The van der Waals surface area contributed by atoms with E-state index in [0.29, 0.717) is 78.1 Å². The van der Waals surface area contributed by atoms with Crippen molar-refractivity contribution in [2.24, 2.45) is 28.9 Å². The van der Waals surface area contributed by atoms with Gasteiger partial charge in [-0.3, -0.25) is 4.79 Å². The molecule has 2 heterocycles. The monoisotopic (exact) mass is 752 g/mol. The molecule has 0 radical (unpaired) electrons. The van der Waals surface area contributed by atoms with Crippen molar-refractivity contribution >= 4 is 33.5 Å². The lowest BCUT2D eigenvalue weighted by Gasteiger charge is -2.58. The average molecular weight is 753 g/mol. The summed E-state index contributed by atoms with van der Waals surface area (Å²) < 4.78 is 5.53. The number of hydrogen-bond acceptors (Lipinski definition) is 10. The molecule has 52 heavy (non-hydrogen) atoms. The average Bonchev–Trinajstić information content (AvgIpc) is 3.38. The molecular formula is C41H56N2O7S2. The van der Waals surface area contributed by atoms with Gasteiger partial charge >= 0.3 is 6.09 Å². The van der Waals surface area contributed by atoms with Crippen LogP contribution < -0.4 is 15.8 Å². The highest BCUT2D eigenvalue weighted by Gasteiger charge is 2.68. The number of aliphatic hydroxyl groups is 4. The zero-order valence-corrected chi connectivity index (χ0v) is 32.4. The Hall–Kier alpha value is -2.64. The summed E-state index contributed by atoms with van der Waals surface area (Å²) in [5.74, 6) is 0.731. The summed E-state index contributed by atoms with van der Waals surface area (Å²) in [5.41, 5.74) is 9.63. The van der Waals surface area contributed by atoms with E-state index >= 15 is 0 Å². The van der Waals surface area contributed by atoms with E-state index in [0.717, 1.165) is 24.0 Å². The molecule has 2 bridgehead atoms. The molecule has 0 aromatic heterocycles. The zero-order valence-electron chi connectivity index (χ0n) is 30.7.